The molecular weight excluding hydrogens is 340 g/mol. The zero-order chi connectivity index (χ0) is 19.2. The van der Waals surface area contributed by atoms with Gasteiger partial charge in [0.1, 0.15) is 0 Å². The number of esters is 1. The third-order valence-corrected chi connectivity index (χ3v) is 5.08. The molecule has 1 saturated heterocycles. The van der Waals surface area contributed by atoms with Crippen molar-refractivity contribution in [3.05, 3.63) is 70.8 Å². The third-order valence-electron chi connectivity index (χ3n) is 5.08. The number of hydrogen-bond donors (Lipinski definition) is 0. The number of benzene rings is 2. The molecule has 27 heavy (non-hydrogen) atoms. The molecule has 2 aromatic rings. The summed E-state index contributed by atoms with van der Waals surface area (Å²) in [5.41, 5.74) is 4.11. The second-order valence-electron chi connectivity index (χ2n) is 6.96. The van der Waals surface area contributed by atoms with Gasteiger partial charge < -0.3 is 9.64 Å². The van der Waals surface area contributed by atoms with Crippen LogP contribution in [0.3, 0.4) is 0 Å². The first-order valence-electron chi connectivity index (χ1n) is 9.28. The van der Waals surface area contributed by atoms with Gasteiger partial charge in [-0.25, -0.2) is 4.79 Å². The summed E-state index contributed by atoms with van der Waals surface area (Å²) < 4.78 is 4.73. The molecule has 0 N–H and O–H groups in total. The lowest BCUT2D eigenvalue weighted by atomic mass is 10.1. The summed E-state index contributed by atoms with van der Waals surface area (Å²) in [6, 6.07) is 15.7. The van der Waals surface area contributed by atoms with Crippen LogP contribution in [0.15, 0.2) is 48.5 Å². The van der Waals surface area contributed by atoms with Crippen molar-refractivity contribution in [3.63, 3.8) is 0 Å². The number of aryl methyl sites for hydroxylation is 1. The van der Waals surface area contributed by atoms with E-state index in [1.54, 1.807) is 12.1 Å². The van der Waals surface area contributed by atoms with E-state index in [0.29, 0.717) is 18.5 Å². The van der Waals surface area contributed by atoms with E-state index in [4.69, 9.17) is 4.74 Å². The van der Waals surface area contributed by atoms with Gasteiger partial charge in [-0.3, -0.25) is 9.69 Å². The number of nitrogens with zero attached hydrogens (tertiary/aromatic N) is 2. The van der Waals surface area contributed by atoms with Crippen molar-refractivity contribution in [1.82, 2.24) is 9.80 Å². The van der Waals surface area contributed by atoms with Crippen LogP contribution in [-0.2, 0) is 22.6 Å². The van der Waals surface area contributed by atoms with Crippen LogP contribution in [0, 0.1) is 6.92 Å². The molecule has 2 aromatic carbocycles. The van der Waals surface area contributed by atoms with Crippen LogP contribution < -0.4 is 0 Å². The minimum Gasteiger partial charge on any atom is -0.465 e. The van der Waals surface area contributed by atoms with Gasteiger partial charge in [-0.1, -0.05) is 36.4 Å². The van der Waals surface area contributed by atoms with Crippen molar-refractivity contribution in [2.24, 2.45) is 0 Å². The highest BCUT2D eigenvalue weighted by Gasteiger charge is 2.21. The molecule has 0 aromatic heterocycles. The molecule has 0 atom stereocenters. The fourth-order valence-electron chi connectivity index (χ4n) is 3.35. The van der Waals surface area contributed by atoms with Crippen molar-refractivity contribution in [1.29, 1.82) is 0 Å². The van der Waals surface area contributed by atoms with E-state index in [9.17, 15) is 9.59 Å². The first-order valence-corrected chi connectivity index (χ1v) is 9.28. The number of rotatable bonds is 5. The Morgan fingerprint density at radius 2 is 1.74 bits per heavy atom. The van der Waals surface area contributed by atoms with Gasteiger partial charge in [0.25, 0.3) is 0 Å². The molecule has 0 radical (unpaired) electrons. The predicted octanol–water partition coefficient (Wildman–Crippen LogP) is 3.02. The summed E-state index contributed by atoms with van der Waals surface area (Å²) in [7, 11) is 1.38. The normalized spacial score (nSPS) is 15.5. The maximum atomic E-state index is 12.5. The highest BCUT2D eigenvalue weighted by molar-refractivity contribution is 5.89. The number of hydrogen-bond acceptors (Lipinski definition) is 4. The summed E-state index contributed by atoms with van der Waals surface area (Å²) in [4.78, 5) is 28.3. The monoisotopic (exact) mass is 366 g/mol. The second-order valence-corrected chi connectivity index (χ2v) is 6.96. The molecule has 0 bridgehead atoms. The van der Waals surface area contributed by atoms with Crippen LogP contribution in [-0.4, -0.2) is 48.4 Å². The van der Waals surface area contributed by atoms with E-state index in [0.717, 1.165) is 31.7 Å². The molecule has 0 aliphatic carbocycles. The van der Waals surface area contributed by atoms with E-state index < -0.39 is 0 Å². The number of amides is 1. The smallest absolute Gasteiger partial charge is 0.337 e. The molecule has 5 nitrogen and oxygen atoms in total. The number of carbonyl (C=O) groups excluding carboxylic acids is 2. The van der Waals surface area contributed by atoms with Gasteiger partial charge in [0.15, 0.2) is 0 Å². The predicted molar refractivity (Wildman–Crippen MR) is 104 cm³/mol. The maximum absolute atomic E-state index is 12.5. The summed E-state index contributed by atoms with van der Waals surface area (Å²) in [6.07, 6.45) is 0.534. The molecule has 1 aliphatic heterocycles. The zero-order valence-electron chi connectivity index (χ0n) is 16.0. The fourth-order valence-corrected chi connectivity index (χ4v) is 3.35. The summed E-state index contributed by atoms with van der Waals surface area (Å²) in [5.74, 6) is -0.115. The highest BCUT2D eigenvalue weighted by Crippen LogP contribution is 2.15. The zero-order valence-corrected chi connectivity index (χ0v) is 16.0. The van der Waals surface area contributed by atoms with Crippen molar-refractivity contribution < 1.29 is 14.3 Å². The summed E-state index contributed by atoms with van der Waals surface area (Å²) in [6.45, 7) is 5.85. The molecule has 1 fully saturated rings. The molecule has 1 heterocycles. The van der Waals surface area contributed by atoms with Crippen molar-refractivity contribution >= 4 is 11.9 Å². The lowest BCUT2D eigenvalue weighted by molar-refractivity contribution is -0.130. The van der Waals surface area contributed by atoms with E-state index in [-0.39, 0.29) is 11.9 Å². The Hall–Kier alpha value is -2.66. The van der Waals surface area contributed by atoms with E-state index in [1.807, 2.05) is 29.2 Å². The molecule has 0 spiro atoms. The molecule has 3 rings (SSSR count). The van der Waals surface area contributed by atoms with Crippen LogP contribution in [0.5, 0.6) is 0 Å². The van der Waals surface area contributed by atoms with Gasteiger partial charge in [-0.05, 0) is 35.7 Å². The lowest BCUT2D eigenvalue weighted by Crippen LogP contribution is -2.33. The topological polar surface area (TPSA) is 49.9 Å². The molecule has 142 valence electrons. The van der Waals surface area contributed by atoms with Gasteiger partial charge in [-0.2, -0.15) is 0 Å². The average Bonchev–Trinajstić information content (AvgIpc) is 2.86. The van der Waals surface area contributed by atoms with Crippen LogP contribution >= 0.6 is 0 Å². The van der Waals surface area contributed by atoms with Gasteiger partial charge in [-0.15, -0.1) is 0 Å². The van der Waals surface area contributed by atoms with Gasteiger partial charge in [0, 0.05) is 39.1 Å². The van der Waals surface area contributed by atoms with Crippen LogP contribution in [0.2, 0.25) is 0 Å². The van der Waals surface area contributed by atoms with Gasteiger partial charge >= 0.3 is 5.97 Å². The van der Waals surface area contributed by atoms with E-state index in [1.165, 1.54) is 18.2 Å². The molecular formula is C22H26N2O3. The van der Waals surface area contributed by atoms with Crippen molar-refractivity contribution in [2.45, 2.75) is 26.4 Å². The van der Waals surface area contributed by atoms with Crippen molar-refractivity contribution in [3.8, 4) is 0 Å². The largest absolute Gasteiger partial charge is 0.465 e. The first-order chi connectivity index (χ1) is 13.1. The summed E-state index contributed by atoms with van der Waals surface area (Å²) >= 11 is 0. The molecule has 1 amide bonds. The number of carbonyl (C=O) groups is 2. The van der Waals surface area contributed by atoms with E-state index >= 15 is 0 Å². The minimum absolute atomic E-state index is 0.210. The van der Waals surface area contributed by atoms with Gasteiger partial charge in [0.05, 0.1) is 12.7 Å². The Kier molecular flexibility index (Phi) is 6.24. The number of ether oxygens (including phenoxy) is 1. The fraction of sp³-hybridized carbons (Fsp3) is 0.364. The van der Waals surface area contributed by atoms with E-state index in [2.05, 4.69) is 24.0 Å². The number of methoxy groups -OCH3 is 1. The Morgan fingerprint density at radius 1 is 1.00 bits per heavy atom. The van der Waals surface area contributed by atoms with Crippen molar-refractivity contribution in [2.75, 3.05) is 26.7 Å². The molecule has 0 saturated carbocycles. The van der Waals surface area contributed by atoms with Crippen LogP contribution in [0.25, 0.3) is 0 Å². The minimum atomic E-state index is -0.325. The SMILES string of the molecule is COC(=O)c1ccc(CN2CCC(=O)N(Cc3ccccc3C)CC2)cc1. The quantitative estimate of drug-likeness (QED) is 0.764. The molecule has 0 unspecified atom stereocenters. The van der Waals surface area contributed by atoms with Gasteiger partial charge in [0.2, 0.25) is 5.91 Å². The second kappa shape index (κ2) is 8.82. The molecule has 1 aliphatic rings. The Morgan fingerprint density at radius 3 is 2.44 bits per heavy atom. The Labute approximate surface area is 160 Å². The van der Waals surface area contributed by atoms with Crippen LogP contribution in [0.1, 0.15) is 33.5 Å². The highest BCUT2D eigenvalue weighted by atomic mass is 16.5. The summed E-state index contributed by atoms with van der Waals surface area (Å²) in [5, 5.41) is 0. The third kappa shape index (κ3) is 4.95. The maximum Gasteiger partial charge on any atom is 0.337 e. The van der Waals surface area contributed by atoms with Crippen LogP contribution in [0.4, 0.5) is 0 Å². The molecule has 5 heteroatoms. The first kappa shape index (κ1) is 19.1. The standard InChI is InChI=1S/C22H26N2O3/c1-17-5-3-4-6-20(17)16-24-14-13-23(12-11-21(24)25)15-18-7-9-19(10-8-18)22(26)27-2/h3-10H,11-16H2,1-2H3. The lowest BCUT2D eigenvalue weighted by Gasteiger charge is -2.23. The Bertz CT molecular complexity index is 801. The Balaban J connectivity index is 1.59. The average molecular weight is 366 g/mol.